The number of benzene rings is 2. The number of carbonyl (C=O) groups is 2. The third kappa shape index (κ3) is 8.08. The van der Waals surface area contributed by atoms with Crippen LogP contribution >= 0.6 is 0 Å². The van der Waals surface area contributed by atoms with Crippen LogP contribution in [-0.4, -0.2) is 64.2 Å². The Morgan fingerprint density at radius 3 is 2.19 bits per heavy atom. The first-order valence-electron chi connectivity index (χ1n) is 12.0. The number of nitrogens with one attached hydrogen (secondary N) is 1. The predicted octanol–water partition coefficient (Wildman–Crippen LogP) is 3.33. The van der Waals surface area contributed by atoms with Crippen molar-refractivity contribution >= 4 is 27.5 Å². The topological polar surface area (TPSA) is 105 Å². The van der Waals surface area contributed by atoms with E-state index in [1.165, 1.54) is 49.5 Å². The number of amides is 2. The summed E-state index contributed by atoms with van der Waals surface area (Å²) in [6.45, 7) is 4.95. The average molecular weight is 538 g/mol. The summed E-state index contributed by atoms with van der Waals surface area (Å²) in [5, 5.41) is 2.90. The van der Waals surface area contributed by atoms with E-state index in [1.54, 1.807) is 19.1 Å². The highest BCUT2D eigenvalue weighted by Crippen LogP contribution is 2.34. The molecule has 37 heavy (non-hydrogen) atoms. The van der Waals surface area contributed by atoms with Gasteiger partial charge in [0.05, 0.1) is 26.2 Å². The third-order valence-electron chi connectivity index (χ3n) is 5.99. The summed E-state index contributed by atoms with van der Waals surface area (Å²) in [7, 11) is -1.13. The van der Waals surface area contributed by atoms with Crippen LogP contribution in [0.15, 0.2) is 42.5 Å². The van der Waals surface area contributed by atoms with E-state index in [9.17, 15) is 22.4 Å². The van der Waals surface area contributed by atoms with E-state index in [4.69, 9.17) is 9.47 Å². The van der Waals surface area contributed by atoms with Crippen molar-refractivity contribution in [3.05, 3.63) is 53.8 Å². The summed E-state index contributed by atoms with van der Waals surface area (Å²) in [4.78, 5) is 28.2. The molecule has 2 amide bonds. The average Bonchev–Trinajstić information content (AvgIpc) is 2.86. The fourth-order valence-electron chi connectivity index (χ4n) is 3.73. The molecule has 2 aromatic rings. The lowest BCUT2D eigenvalue weighted by atomic mass is 10.1. The minimum atomic E-state index is -3.96. The van der Waals surface area contributed by atoms with Crippen molar-refractivity contribution in [2.75, 3.05) is 31.3 Å². The minimum absolute atomic E-state index is 0.0155. The Morgan fingerprint density at radius 2 is 1.68 bits per heavy atom. The van der Waals surface area contributed by atoms with Gasteiger partial charge in [0, 0.05) is 18.7 Å². The summed E-state index contributed by atoms with van der Waals surface area (Å²) in [6.07, 6.45) is 1.97. The molecule has 0 saturated heterocycles. The molecule has 0 radical (unpaired) electrons. The highest BCUT2D eigenvalue weighted by Gasteiger charge is 2.33. The number of methoxy groups -OCH3 is 2. The number of ether oxygens (including phenoxy) is 2. The molecule has 0 saturated carbocycles. The zero-order valence-corrected chi connectivity index (χ0v) is 23.0. The maximum atomic E-state index is 13.8. The van der Waals surface area contributed by atoms with Gasteiger partial charge in [-0.2, -0.15) is 0 Å². The van der Waals surface area contributed by atoms with E-state index >= 15 is 0 Å². The van der Waals surface area contributed by atoms with Crippen LogP contribution in [0.25, 0.3) is 0 Å². The maximum absolute atomic E-state index is 13.8. The zero-order valence-electron chi connectivity index (χ0n) is 22.2. The van der Waals surface area contributed by atoms with Crippen LogP contribution in [0.5, 0.6) is 11.5 Å². The van der Waals surface area contributed by atoms with E-state index in [0.717, 1.165) is 10.6 Å². The van der Waals surface area contributed by atoms with Crippen molar-refractivity contribution in [3.63, 3.8) is 0 Å². The first kappa shape index (κ1) is 29.9. The lowest BCUT2D eigenvalue weighted by Gasteiger charge is -2.33. The lowest BCUT2D eigenvalue weighted by molar-refractivity contribution is -0.140. The number of rotatable bonds is 13. The van der Waals surface area contributed by atoms with Crippen LogP contribution in [0, 0.1) is 5.82 Å². The largest absolute Gasteiger partial charge is 0.497 e. The fourth-order valence-corrected chi connectivity index (χ4v) is 4.58. The molecule has 0 aliphatic carbocycles. The number of anilines is 1. The van der Waals surface area contributed by atoms with Gasteiger partial charge in [-0.05, 0) is 49.6 Å². The van der Waals surface area contributed by atoms with Crippen molar-refractivity contribution < 1.29 is 31.9 Å². The number of carbonyl (C=O) groups excluding carboxylic acids is 2. The SMILES string of the molecule is CC[C@@H](C)NC(=O)[C@@H](CC)N(Cc1ccc(F)cc1)C(=O)CN(c1cc(OC)ccc1OC)S(C)(=O)=O. The second-order valence-corrected chi connectivity index (χ2v) is 10.6. The second-order valence-electron chi connectivity index (χ2n) is 8.70. The number of sulfonamides is 1. The molecule has 0 unspecified atom stereocenters. The molecule has 0 heterocycles. The number of hydrogen-bond donors (Lipinski definition) is 1. The zero-order chi connectivity index (χ0) is 27.8. The molecule has 9 nitrogen and oxygen atoms in total. The summed E-state index contributed by atoms with van der Waals surface area (Å²) >= 11 is 0. The monoisotopic (exact) mass is 537 g/mol. The van der Waals surface area contributed by atoms with E-state index in [-0.39, 0.29) is 36.4 Å². The Balaban J connectivity index is 2.52. The first-order valence-corrected chi connectivity index (χ1v) is 13.8. The van der Waals surface area contributed by atoms with Gasteiger partial charge in [0.15, 0.2) is 0 Å². The van der Waals surface area contributed by atoms with Gasteiger partial charge in [0.25, 0.3) is 0 Å². The summed E-state index contributed by atoms with van der Waals surface area (Å²) in [5.41, 5.74) is 0.714. The van der Waals surface area contributed by atoms with Gasteiger partial charge in [-0.15, -0.1) is 0 Å². The van der Waals surface area contributed by atoms with Crippen LogP contribution < -0.4 is 19.1 Å². The molecule has 0 aromatic heterocycles. The van der Waals surface area contributed by atoms with E-state index in [2.05, 4.69) is 5.32 Å². The Labute approximate surface area is 218 Å². The van der Waals surface area contributed by atoms with Crippen molar-refractivity contribution in [3.8, 4) is 11.5 Å². The summed E-state index contributed by atoms with van der Waals surface area (Å²) in [6, 6.07) is 9.20. The molecule has 0 aliphatic heterocycles. The molecule has 204 valence electrons. The van der Waals surface area contributed by atoms with Crippen LogP contribution in [0.2, 0.25) is 0 Å². The summed E-state index contributed by atoms with van der Waals surface area (Å²) in [5.74, 6) is -0.787. The van der Waals surface area contributed by atoms with E-state index < -0.39 is 34.3 Å². The molecular weight excluding hydrogens is 501 g/mol. The third-order valence-corrected chi connectivity index (χ3v) is 7.11. The van der Waals surface area contributed by atoms with E-state index in [1.807, 2.05) is 13.8 Å². The van der Waals surface area contributed by atoms with Crippen LogP contribution in [0.1, 0.15) is 39.2 Å². The van der Waals surface area contributed by atoms with Gasteiger partial charge in [-0.25, -0.2) is 12.8 Å². The Hall–Kier alpha value is -3.34. The van der Waals surface area contributed by atoms with Gasteiger partial charge in [0.1, 0.15) is 29.9 Å². The second kappa shape index (κ2) is 13.3. The Kier molecular flexibility index (Phi) is 10.7. The minimum Gasteiger partial charge on any atom is -0.497 e. The molecule has 0 spiro atoms. The maximum Gasteiger partial charge on any atom is 0.244 e. The Morgan fingerprint density at radius 1 is 1.03 bits per heavy atom. The fraction of sp³-hybridized carbons (Fsp3) is 0.462. The lowest BCUT2D eigenvalue weighted by Crippen LogP contribution is -2.53. The van der Waals surface area contributed by atoms with Gasteiger partial charge >= 0.3 is 0 Å². The van der Waals surface area contributed by atoms with Gasteiger partial charge in [0.2, 0.25) is 21.8 Å². The van der Waals surface area contributed by atoms with Gasteiger partial charge in [-0.3, -0.25) is 13.9 Å². The molecule has 2 rings (SSSR count). The van der Waals surface area contributed by atoms with Crippen molar-refractivity contribution in [1.29, 1.82) is 0 Å². The van der Waals surface area contributed by atoms with Crippen LogP contribution in [0.3, 0.4) is 0 Å². The van der Waals surface area contributed by atoms with Crippen molar-refractivity contribution in [2.24, 2.45) is 0 Å². The van der Waals surface area contributed by atoms with Crippen molar-refractivity contribution in [1.82, 2.24) is 10.2 Å². The molecule has 0 fully saturated rings. The van der Waals surface area contributed by atoms with Gasteiger partial charge < -0.3 is 19.7 Å². The number of halogens is 1. The molecule has 2 aromatic carbocycles. The molecular formula is C26H36FN3O6S. The van der Waals surface area contributed by atoms with E-state index in [0.29, 0.717) is 17.7 Å². The normalized spacial score (nSPS) is 12.8. The number of hydrogen-bond acceptors (Lipinski definition) is 6. The molecule has 0 bridgehead atoms. The highest BCUT2D eigenvalue weighted by atomic mass is 32.2. The summed E-state index contributed by atoms with van der Waals surface area (Å²) < 4.78 is 50.7. The molecule has 11 heteroatoms. The predicted molar refractivity (Wildman–Crippen MR) is 141 cm³/mol. The van der Waals surface area contributed by atoms with Crippen molar-refractivity contribution in [2.45, 2.75) is 52.2 Å². The molecule has 0 aliphatic rings. The number of nitrogens with zero attached hydrogens (tertiary/aromatic N) is 2. The standard InChI is InChI=1S/C26H36FN3O6S/c1-7-18(3)28-26(32)22(8-2)29(16-19-9-11-20(27)12-10-19)25(31)17-30(37(6,33)34)23-15-21(35-4)13-14-24(23)36-5/h9-15,18,22H,7-8,16-17H2,1-6H3,(H,28,32)/t18-,22-/m1/s1. The van der Waals surface area contributed by atoms with Crippen LogP contribution in [0.4, 0.5) is 10.1 Å². The Bertz CT molecular complexity index is 1170. The first-order chi connectivity index (χ1) is 17.4. The van der Waals surface area contributed by atoms with Crippen LogP contribution in [-0.2, 0) is 26.2 Å². The highest BCUT2D eigenvalue weighted by molar-refractivity contribution is 7.92. The quantitative estimate of drug-likeness (QED) is 0.420. The van der Waals surface area contributed by atoms with Gasteiger partial charge in [-0.1, -0.05) is 26.0 Å². The molecule has 1 N–H and O–H groups in total. The smallest absolute Gasteiger partial charge is 0.244 e. The molecule has 2 atom stereocenters.